The van der Waals surface area contributed by atoms with Crippen LogP contribution in [0.25, 0.3) is 0 Å². The van der Waals surface area contributed by atoms with Crippen molar-refractivity contribution in [3.05, 3.63) is 36.5 Å². The molecule has 0 amide bonds. The van der Waals surface area contributed by atoms with Gasteiger partial charge in [0, 0.05) is 12.8 Å². The Bertz CT molecular complexity index is 1010. The van der Waals surface area contributed by atoms with Crippen LogP contribution in [0.15, 0.2) is 36.5 Å². The molecule has 0 fully saturated rings. The Morgan fingerprint density at radius 2 is 1.08 bits per heavy atom. The van der Waals surface area contributed by atoms with Crippen LogP contribution in [0.4, 0.5) is 0 Å². The first-order valence-electron chi connectivity index (χ1n) is 21.2. The number of phosphoric acid groups is 1. The van der Waals surface area contributed by atoms with Gasteiger partial charge in [0.15, 0.2) is 6.10 Å². The van der Waals surface area contributed by atoms with Crippen LogP contribution in [-0.2, 0) is 32.7 Å². The number of quaternary nitrogens is 1. The van der Waals surface area contributed by atoms with Crippen LogP contribution in [0.1, 0.15) is 174 Å². The summed E-state index contributed by atoms with van der Waals surface area (Å²) in [6, 6.07) is 0. The third-order valence-corrected chi connectivity index (χ3v) is 9.92. The van der Waals surface area contributed by atoms with E-state index in [0.717, 1.165) is 70.6 Å². The summed E-state index contributed by atoms with van der Waals surface area (Å²) in [6.07, 6.45) is 39.0. The first-order valence-corrected chi connectivity index (χ1v) is 22.7. The van der Waals surface area contributed by atoms with Crippen molar-refractivity contribution in [1.29, 1.82) is 0 Å². The minimum Gasteiger partial charge on any atom is -0.462 e. The number of hydrogen-bond donors (Lipinski definition) is 1. The van der Waals surface area contributed by atoms with Gasteiger partial charge in [0.05, 0.1) is 27.7 Å². The second-order valence-corrected chi connectivity index (χ2v) is 16.8. The van der Waals surface area contributed by atoms with Crippen molar-refractivity contribution in [2.75, 3.05) is 47.5 Å². The second kappa shape index (κ2) is 35.9. The molecule has 0 bridgehead atoms. The molecule has 0 aliphatic rings. The van der Waals surface area contributed by atoms with Crippen LogP contribution in [0, 0.1) is 0 Å². The lowest BCUT2D eigenvalue weighted by molar-refractivity contribution is -0.870. The quantitative estimate of drug-likeness (QED) is 0.0217. The van der Waals surface area contributed by atoms with E-state index in [4.69, 9.17) is 18.5 Å². The SMILES string of the molecule is CC/C=C\C/C=C\C/C=C\CCCCCCCC(=O)OC[C@H](COP(=O)(O)OCC[N+](C)(C)C)OC(=O)CCCCCCCCCCCCCCCC. The Balaban J connectivity index is 4.40. The average molecular weight is 771 g/mol. The average Bonchev–Trinajstić information content (AvgIpc) is 3.10. The van der Waals surface area contributed by atoms with E-state index in [1.165, 1.54) is 70.6 Å². The van der Waals surface area contributed by atoms with E-state index < -0.39 is 26.5 Å². The molecule has 0 rings (SSSR count). The van der Waals surface area contributed by atoms with Gasteiger partial charge in [0.25, 0.3) is 0 Å². The van der Waals surface area contributed by atoms with Crippen molar-refractivity contribution >= 4 is 19.8 Å². The summed E-state index contributed by atoms with van der Waals surface area (Å²) in [5.41, 5.74) is 0. The summed E-state index contributed by atoms with van der Waals surface area (Å²) < 4.78 is 34.2. The largest absolute Gasteiger partial charge is 0.472 e. The zero-order valence-electron chi connectivity index (χ0n) is 34.7. The van der Waals surface area contributed by atoms with E-state index in [-0.39, 0.29) is 32.0 Å². The Kier molecular flexibility index (Phi) is 34.7. The molecule has 310 valence electrons. The van der Waals surface area contributed by atoms with Gasteiger partial charge in [0.2, 0.25) is 0 Å². The van der Waals surface area contributed by atoms with Gasteiger partial charge >= 0.3 is 19.8 Å². The molecule has 9 nitrogen and oxygen atoms in total. The Labute approximate surface area is 325 Å². The molecule has 0 heterocycles. The maximum atomic E-state index is 12.7. The molecule has 53 heavy (non-hydrogen) atoms. The normalized spacial score (nSPS) is 14.0. The zero-order chi connectivity index (χ0) is 39.3. The molecule has 1 N–H and O–H groups in total. The molecule has 0 aliphatic carbocycles. The molecular formula is C43H81NO8P+. The predicted octanol–water partition coefficient (Wildman–Crippen LogP) is 11.7. The molecule has 0 aromatic carbocycles. The number of allylic oxidation sites excluding steroid dienone is 6. The van der Waals surface area contributed by atoms with Crippen LogP contribution in [-0.4, -0.2) is 74.9 Å². The number of phosphoric ester groups is 1. The van der Waals surface area contributed by atoms with Crippen molar-refractivity contribution in [1.82, 2.24) is 0 Å². The highest BCUT2D eigenvalue weighted by Crippen LogP contribution is 2.43. The second-order valence-electron chi connectivity index (χ2n) is 15.4. The van der Waals surface area contributed by atoms with E-state index in [1.54, 1.807) is 0 Å². The molecule has 0 saturated heterocycles. The number of carbonyl (C=O) groups excluding carboxylic acids is 2. The van der Waals surface area contributed by atoms with Gasteiger partial charge in [0.1, 0.15) is 19.8 Å². The number of nitrogens with zero attached hydrogens (tertiary/aromatic N) is 1. The molecule has 10 heteroatoms. The van der Waals surface area contributed by atoms with Crippen molar-refractivity contribution in [3.8, 4) is 0 Å². The topological polar surface area (TPSA) is 108 Å². The summed E-state index contributed by atoms with van der Waals surface area (Å²) in [7, 11) is 1.47. The monoisotopic (exact) mass is 771 g/mol. The van der Waals surface area contributed by atoms with Crippen LogP contribution >= 0.6 is 7.82 Å². The molecule has 0 aliphatic heterocycles. The van der Waals surface area contributed by atoms with Gasteiger partial charge < -0.3 is 18.9 Å². The van der Waals surface area contributed by atoms with Crippen LogP contribution in [0.2, 0.25) is 0 Å². The highest BCUT2D eigenvalue weighted by Gasteiger charge is 2.27. The molecule has 0 aromatic heterocycles. The minimum absolute atomic E-state index is 0.0293. The van der Waals surface area contributed by atoms with Gasteiger partial charge in [-0.15, -0.1) is 0 Å². The lowest BCUT2D eigenvalue weighted by Gasteiger charge is -2.24. The number of likely N-dealkylation sites (N-methyl/N-ethyl adjacent to an activating group) is 1. The fraction of sp³-hybridized carbons (Fsp3) is 0.814. The van der Waals surface area contributed by atoms with E-state index in [2.05, 4.69) is 50.3 Å². The minimum atomic E-state index is -4.37. The summed E-state index contributed by atoms with van der Waals surface area (Å²) in [4.78, 5) is 35.3. The summed E-state index contributed by atoms with van der Waals surface area (Å²) in [6.45, 7) is 4.29. The Hall–Kier alpha value is -1.77. The lowest BCUT2D eigenvalue weighted by Crippen LogP contribution is -2.37. The molecule has 0 saturated carbocycles. The predicted molar refractivity (Wildman–Crippen MR) is 220 cm³/mol. The third-order valence-electron chi connectivity index (χ3n) is 8.93. The number of esters is 2. The molecule has 0 radical (unpaired) electrons. The maximum Gasteiger partial charge on any atom is 0.472 e. The van der Waals surface area contributed by atoms with Crippen molar-refractivity contribution < 1.29 is 42.1 Å². The first-order chi connectivity index (χ1) is 25.5. The Morgan fingerprint density at radius 1 is 0.604 bits per heavy atom. The van der Waals surface area contributed by atoms with Gasteiger partial charge in [-0.2, -0.15) is 0 Å². The van der Waals surface area contributed by atoms with Gasteiger partial charge in [-0.3, -0.25) is 18.6 Å². The summed E-state index contributed by atoms with van der Waals surface area (Å²) in [5, 5.41) is 0. The Morgan fingerprint density at radius 3 is 1.60 bits per heavy atom. The number of ether oxygens (including phenoxy) is 2. The van der Waals surface area contributed by atoms with E-state index in [1.807, 2.05) is 21.1 Å². The van der Waals surface area contributed by atoms with E-state index in [0.29, 0.717) is 17.4 Å². The number of hydrogen-bond acceptors (Lipinski definition) is 7. The molecular weight excluding hydrogens is 689 g/mol. The molecule has 1 unspecified atom stereocenters. The summed E-state index contributed by atoms with van der Waals surface area (Å²) in [5.74, 6) is -0.816. The highest BCUT2D eigenvalue weighted by molar-refractivity contribution is 7.47. The third kappa shape index (κ3) is 39.7. The number of unbranched alkanes of at least 4 members (excludes halogenated alkanes) is 18. The van der Waals surface area contributed by atoms with E-state index >= 15 is 0 Å². The molecule has 0 aromatic rings. The summed E-state index contributed by atoms with van der Waals surface area (Å²) >= 11 is 0. The lowest BCUT2D eigenvalue weighted by atomic mass is 10.0. The smallest absolute Gasteiger partial charge is 0.462 e. The van der Waals surface area contributed by atoms with Crippen LogP contribution in [0.3, 0.4) is 0 Å². The van der Waals surface area contributed by atoms with Crippen LogP contribution < -0.4 is 0 Å². The zero-order valence-corrected chi connectivity index (χ0v) is 35.6. The highest BCUT2D eigenvalue weighted by atomic mass is 31.2. The molecule has 2 atom stereocenters. The van der Waals surface area contributed by atoms with Crippen molar-refractivity contribution in [3.63, 3.8) is 0 Å². The van der Waals surface area contributed by atoms with Gasteiger partial charge in [-0.1, -0.05) is 153 Å². The number of carbonyl (C=O) groups is 2. The van der Waals surface area contributed by atoms with Crippen molar-refractivity contribution in [2.45, 2.75) is 180 Å². The van der Waals surface area contributed by atoms with Gasteiger partial charge in [-0.05, 0) is 44.9 Å². The van der Waals surface area contributed by atoms with Gasteiger partial charge in [-0.25, -0.2) is 4.57 Å². The fourth-order valence-electron chi connectivity index (χ4n) is 5.62. The van der Waals surface area contributed by atoms with E-state index in [9.17, 15) is 19.0 Å². The fourth-order valence-corrected chi connectivity index (χ4v) is 6.36. The van der Waals surface area contributed by atoms with Crippen molar-refractivity contribution in [2.24, 2.45) is 0 Å². The standard InChI is InChI=1S/C43H80NO8P/c1-6-8-10-12-14-16-18-20-22-24-25-27-29-31-33-35-42(45)49-39-41(40-51-53(47,48)50-38-37-44(3,4)5)52-43(46)36-34-32-30-28-26-23-21-19-17-15-13-11-9-7-2/h8,10,14,16,20,22,41H,6-7,9,11-13,15,17-19,21,23-40H2,1-5H3/p+1/b10-8-,16-14-,22-20-/t41-/m1/s1. The maximum absolute atomic E-state index is 12.7. The number of rotatable bonds is 38. The molecule has 0 spiro atoms. The first kappa shape index (κ1) is 51.2. The van der Waals surface area contributed by atoms with Crippen LogP contribution in [0.5, 0.6) is 0 Å².